The average Bonchev–Trinajstić information content (AvgIpc) is 1.97. The van der Waals surface area contributed by atoms with Crippen LogP contribution in [0.4, 0.5) is 0 Å². The van der Waals surface area contributed by atoms with Crippen molar-refractivity contribution < 1.29 is 0 Å². The van der Waals surface area contributed by atoms with Gasteiger partial charge >= 0.3 is 0 Å². The molecule has 0 aromatic heterocycles. The summed E-state index contributed by atoms with van der Waals surface area (Å²) < 4.78 is 0. The molecular formula is C7H20N2. The van der Waals surface area contributed by atoms with Crippen LogP contribution in [0.5, 0.6) is 0 Å². The first-order valence-electron chi connectivity index (χ1n) is 3.37. The molecule has 0 fully saturated rings. The van der Waals surface area contributed by atoms with E-state index in [-0.39, 0.29) is 0 Å². The van der Waals surface area contributed by atoms with E-state index in [1.807, 2.05) is 27.7 Å². The van der Waals surface area contributed by atoms with Crippen molar-refractivity contribution in [1.82, 2.24) is 5.01 Å². The zero-order valence-electron chi connectivity index (χ0n) is 7.31. The summed E-state index contributed by atoms with van der Waals surface area (Å²) in [4.78, 5) is 0. The lowest BCUT2D eigenvalue weighted by Gasteiger charge is -1.98. The van der Waals surface area contributed by atoms with Crippen LogP contribution in [0.25, 0.3) is 0 Å². The van der Waals surface area contributed by atoms with Crippen molar-refractivity contribution in [3.8, 4) is 0 Å². The Labute approximate surface area is 59.3 Å². The highest BCUT2D eigenvalue weighted by molar-refractivity contribution is 4.57. The summed E-state index contributed by atoms with van der Waals surface area (Å²) in [7, 11) is 1.72. The molecule has 58 valence electrons. The van der Waals surface area contributed by atoms with Crippen LogP contribution in [0.2, 0.25) is 0 Å². The predicted molar refractivity (Wildman–Crippen MR) is 44.8 cm³/mol. The van der Waals surface area contributed by atoms with E-state index in [9.17, 15) is 0 Å². The van der Waals surface area contributed by atoms with Gasteiger partial charge in [-0.2, -0.15) is 0 Å². The van der Waals surface area contributed by atoms with Crippen LogP contribution >= 0.6 is 0 Å². The van der Waals surface area contributed by atoms with E-state index in [1.54, 1.807) is 7.05 Å². The molecule has 0 amide bonds. The Morgan fingerprint density at radius 1 is 1.22 bits per heavy atom. The normalized spacial score (nSPS) is 5.11. The lowest BCUT2D eigenvalue weighted by molar-refractivity contribution is 0.486. The average molecular weight is 132 g/mol. The maximum Gasteiger partial charge on any atom is 0.0222 e. The Morgan fingerprint density at radius 3 is 1.33 bits per heavy atom. The number of nitrogens with two attached hydrogens (primary N) is 1. The van der Waals surface area contributed by atoms with Gasteiger partial charge in [0, 0.05) is 13.2 Å². The summed E-state index contributed by atoms with van der Waals surface area (Å²) in [6, 6.07) is 0. The third-order valence-electron chi connectivity index (χ3n) is 0.288. The summed E-state index contributed by atoms with van der Waals surface area (Å²) in [6.07, 6.45) is 1.53. The number of hydrazine groups is 1. The van der Waals surface area contributed by atoms with Crippen molar-refractivity contribution in [1.29, 1.82) is 0 Å². The molecule has 0 saturated carbocycles. The topological polar surface area (TPSA) is 29.3 Å². The number of hydrogen-bond donors (Lipinski definition) is 1. The zero-order valence-corrected chi connectivity index (χ0v) is 7.31. The first kappa shape index (κ1) is 15.8. The largest absolute Gasteiger partial charge is 0.322 e. The van der Waals surface area contributed by atoms with E-state index in [1.165, 1.54) is 11.2 Å². The maximum absolute atomic E-state index is 5.01. The van der Waals surface area contributed by atoms with E-state index >= 15 is 0 Å². The first-order chi connectivity index (χ1) is 4.27. The Kier molecular flexibility index (Phi) is 45.4. The summed E-state index contributed by atoms with van der Waals surface area (Å²) >= 11 is 0. The van der Waals surface area contributed by atoms with Gasteiger partial charge in [-0.15, -0.1) is 0 Å². The summed E-state index contributed by atoms with van der Waals surface area (Å²) in [5.74, 6) is 5.01. The molecule has 0 aliphatic rings. The Bertz CT molecular complexity index is 33.9. The highest BCUT2D eigenvalue weighted by atomic mass is 15.4. The summed E-state index contributed by atoms with van der Waals surface area (Å²) in [5, 5.41) is 1.39. The van der Waals surface area contributed by atoms with Crippen LogP contribution in [0.3, 0.4) is 0 Å². The molecule has 0 aromatic rings. The van der Waals surface area contributed by atoms with Crippen molar-refractivity contribution in [2.75, 3.05) is 7.05 Å². The Hall–Kier alpha value is -0.500. The minimum atomic E-state index is 1.39. The Balaban J connectivity index is -0.0000000771. The van der Waals surface area contributed by atoms with E-state index in [0.29, 0.717) is 0 Å². The molecule has 2 nitrogen and oxygen atoms in total. The second-order valence-electron chi connectivity index (χ2n) is 0.848. The van der Waals surface area contributed by atoms with Crippen LogP contribution in [-0.4, -0.2) is 12.1 Å². The van der Waals surface area contributed by atoms with Crippen LogP contribution in [0, 0.1) is 0 Å². The summed E-state index contributed by atoms with van der Waals surface area (Å²) in [6.45, 7) is 11.4. The number of nitrogens with zero attached hydrogens (tertiary/aromatic N) is 1. The van der Waals surface area contributed by atoms with Crippen molar-refractivity contribution in [2.24, 2.45) is 5.84 Å². The van der Waals surface area contributed by atoms with Crippen molar-refractivity contribution in [3.63, 3.8) is 0 Å². The van der Waals surface area contributed by atoms with Crippen molar-refractivity contribution in [2.45, 2.75) is 27.7 Å². The molecule has 0 radical (unpaired) electrons. The van der Waals surface area contributed by atoms with Gasteiger partial charge in [0.1, 0.15) is 0 Å². The fourth-order valence-electron chi connectivity index (χ4n) is 0. The zero-order chi connectivity index (χ0) is 8.28. The van der Waals surface area contributed by atoms with Gasteiger partial charge in [0.2, 0.25) is 0 Å². The van der Waals surface area contributed by atoms with E-state index in [4.69, 9.17) is 5.84 Å². The van der Waals surface area contributed by atoms with Gasteiger partial charge in [-0.25, -0.2) is 5.84 Å². The molecule has 0 atom stereocenters. The molecule has 2 heteroatoms. The summed E-state index contributed by atoms with van der Waals surface area (Å²) in [5.41, 5.74) is 0. The van der Waals surface area contributed by atoms with Gasteiger partial charge in [-0.1, -0.05) is 34.3 Å². The first-order valence-corrected chi connectivity index (χ1v) is 3.37. The molecule has 0 saturated heterocycles. The van der Waals surface area contributed by atoms with Crippen LogP contribution in [0.15, 0.2) is 12.8 Å². The maximum atomic E-state index is 5.01. The predicted octanol–water partition coefficient (Wildman–Crippen LogP) is 1.99. The lowest BCUT2D eigenvalue weighted by Crippen LogP contribution is -2.17. The SMILES string of the molecule is C=CN(C)N.CC.CC. The molecule has 0 aromatic carbocycles. The van der Waals surface area contributed by atoms with Gasteiger partial charge in [0.15, 0.2) is 0 Å². The van der Waals surface area contributed by atoms with Gasteiger partial charge in [0.25, 0.3) is 0 Å². The van der Waals surface area contributed by atoms with Crippen LogP contribution in [-0.2, 0) is 0 Å². The smallest absolute Gasteiger partial charge is 0.0222 e. The molecule has 0 bridgehead atoms. The van der Waals surface area contributed by atoms with E-state index < -0.39 is 0 Å². The second-order valence-corrected chi connectivity index (χ2v) is 0.848. The molecular weight excluding hydrogens is 112 g/mol. The molecule has 0 heterocycles. The quantitative estimate of drug-likeness (QED) is 0.436. The molecule has 9 heavy (non-hydrogen) atoms. The third-order valence-corrected chi connectivity index (χ3v) is 0.288. The van der Waals surface area contributed by atoms with E-state index in [2.05, 4.69) is 6.58 Å². The number of hydrogen-bond acceptors (Lipinski definition) is 2. The van der Waals surface area contributed by atoms with Gasteiger partial charge < -0.3 is 5.01 Å². The van der Waals surface area contributed by atoms with Crippen molar-refractivity contribution in [3.05, 3.63) is 12.8 Å². The van der Waals surface area contributed by atoms with Gasteiger partial charge in [0.05, 0.1) is 0 Å². The molecule has 0 aliphatic heterocycles. The minimum Gasteiger partial charge on any atom is -0.322 e. The molecule has 0 aliphatic carbocycles. The Morgan fingerprint density at radius 2 is 1.33 bits per heavy atom. The van der Waals surface area contributed by atoms with Crippen molar-refractivity contribution >= 4 is 0 Å². The highest BCUT2D eigenvalue weighted by Crippen LogP contribution is 1.57. The third kappa shape index (κ3) is 101. The second kappa shape index (κ2) is 25.9. The monoisotopic (exact) mass is 132 g/mol. The van der Waals surface area contributed by atoms with Gasteiger partial charge in [-0.05, 0) is 0 Å². The molecule has 0 unspecified atom stereocenters. The standard InChI is InChI=1S/C3H8N2.2C2H6/c1-3-5(2)4;2*1-2/h3H,1,4H2,2H3;2*1-2H3. The van der Waals surface area contributed by atoms with E-state index in [0.717, 1.165) is 0 Å². The lowest BCUT2D eigenvalue weighted by atomic mass is 11.0. The van der Waals surface area contributed by atoms with Gasteiger partial charge in [-0.3, -0.25) is 0 Å². The van der Waals surface area contributed by atoms with Crippen LogP contribution < -0.4 is 5.84 Å². The molecule has 2 N–H and O–H groups in total. The molecule has 0 rings (SSSR count). The minimum absolute atomic E-state index is 1.39. The number of rotatable bonds is 1. The highest BCUT2D eigenvalue weighted by Gasteiger charge is 1.61. The fourth-order valence-corrected chi connectivity index (χ4v) is 0. The fraction of sp³-hybridized carbons (Fsp3) is 0.714. The molecule has 0 spiro atoms. The van der Waals surface area contributed by atoms with Crippen LogP contribution in [0.1, 0.15) is 27.7 Å².